The number of nitrogens with one attached hydrogen (secondary N) is 1. The van der Waals surface area contributed by atoms with E-state index in [-0.39, 0.29) is 11.6 Å². The number of benzene rings is 2. The van der Waals surface area contributed by atoms with Gasteiger partial charge in [0, 0.05) is 36.0 Å². The topological polar surface area (TPSA) is 49.4 Å². The van der Waals surface area contributed by atoms with Gasteiger partial charge in [-0.25, -0.2) is 8.78 Å². The molecule has 1 aliphatic rings. The number of halogens is 2. The summed E-state index contributed by atoms with van der Waals surface area (Å²) in [7, 11) is 0. The minimum absolute atomic E-state index is 0.0307. The molecule has 1 heterocycles. The van der Waals surface area contributed by atoms with Crippen molar-refractivity contribution in [3.8, 4) is 0 Å². The van der Waals surface area contributed by atoms with Gasteiger partial charge in [0.2, 0.25) is 5.91 Å². The van der Waals surface area contributed by atoms with Crippen LogP contribution >= 0.6 is 0 Å². The van der Waals surface area contributed by atoms with Gasteiger partial charge >= 0.3 is 0 Å². The first kappa shape index (κ1) is 15.1. The van der Waals surface area contributed by atoms with E-state index in [1.807, 2.05) is 0 Å². The van der Waals surface area contributed by atoms with Crippen molar-refractivity contribution >= 4 is 23.2 Å². The average Bonchev–Trinajstić information content (AvgIpc) is 2.97. The molecule has 1 fully saturated rings. The Kier molecular flexibility index (Phi) is 4.06. The average molecular weight is 316 g/mol. The van der Waals surface area contributed by atoms with Crippen molar-refractivity contribution in [3.05, 3.63) is 59.7 Å². The fourth-order valence-electron chi connectivity index (χ4n) is 2.51. The highest BCUT2D eigenvalue weighted by Gasteiger charge is 2.22. The van der Waals surface area contributed by atoms with Crippen molar-refractivity contribution in [2.24, 2.45) is 0 Å². The number of nitrogens with zero attached hydrogens (tertiary/aromatic N) is 1. The lowest BCUT2D eigenvalue weighted by Gasteiger charge is -2.16. The number of carbonyl (C=O) groups excluding carboxylic acids is 2. The summed E-state index contributed by atoms with van der Waals surface area (Å²) in [6.07, 6.45) is 1.30. The van der Waals surface area contributed by atoms with Crippen LogP contribution in [0.3, 0.4) is 0 Å². The Balaban J connectivity index is 1.79. The highest BCUT2D eigenvalue weighted by molar-refractivity contribution is 6.05. The van der Waals surface area contributed by atoms with Crippen molar-refractivity contribution in [3.63, 3.8) is 0 Å². The van der Waals surface area contributed by atoms with Crippen molar-refractivity contribution < 1.29 is 18.4 Å². The zero-order valence-corrected chi connectivity index (χ0v) is 12.2. The molecule has 0 spiro atoms. The molecule has 6 heteroatoms. The minimum atomic E-state index is -1.03. The van der Waals surface area contributed by atoms with E-state index in [2.05, 4.69) is 5.32 Å². The van der Waals surface area contributed by atoms with E-state index in [9.17, 15) is 18.4 Å². The van der Waals surface area contributed by atoms with Crippen LogP contribution in [0, 0.1) is 11.6 Å². The van der Waals surface area contributed by atoms with Gasteiger partial charge in [-0.3, -0.25) is 9.59 Å². The van der Waals surface area contributed by atoms with Crippen molar-refractivity contribution in [2.45, 2.75) is 12.8 Å². The number of hydrogen-bond acceptors (Lipinski definition) is 2. The van der Waals surface area contributed by atoms with Gasteiger partial charge in [0.25, 0.3) is 5.91 Å². The number of carbonyl (C=O) groups is 2. The molecule has 0 bridgehead atoms. The standard InChI is InChI=1S/C17H14F2N2O2/c18-14-7-6-12(10-15(14)19)20-17(23)11-3-1-4-13(9-11)21-8-2-5-16(21)22/h1,3-4,6-7,9-10H,2,5,8H2,(H,20,23). The van der Waals surface area contributed by atoms with E-state index in [0.717, 1.165) is 18.6 Å². The highest BCUT2D eigenvalue weighted by atomic mass is 19.2. The van der Waals surface area contributed by atoms with E-state index in [0.29, 0.717) is 24.2 Å². The molecule has 0 unspecified atom stereocenters. The van der Waals surface area contributed by atoms with Gasteiger partial charge in [-0.05, 0) is 36.8 Å². The molecule has 1 aliphatic heterocycles. The third kappa shape index (κ3) is 3.21. The molecule has 1 N–H and O–H groups in total. The minimum Gasteiger partial charge on any atom is -0.322 e. The predicted molar refractivity (Wildman–Crippen MR) is 82.3 cm³/mol. The fourth-order valence-corrected chi connectivity index (χ4v) is 2.51. The number of amides is 2. The fraction of sp³-hybridized carbons (Fsp3) is 0.176. The maximum absolute atomic E-state index is 13.2. The number of rotatable bonds is 3. The van der Waals surface area contributed by atoms with Crippen molar-refractivity contribution in [2.75, 3.05) is 16.8 Å². The van der Waals surface area contributed by atoms with Gasteiger partial charge in [0.15, 0.2) is 11.6 Å². The van der Waals surface area contributed by atoms with Crippen LogP contribution in [0.15, 0.2) is 42.5 Å². The lowest BCUT2D eigenvalue weighted by molar-refractivity contribution is -0.117. The van der Waals surface area contributed by atoms with Crippen LogP contribution in [-0.2, 0) is 4.79 Å². The molecule has 23 heavy (non-hydrogen) atoms. The molecule has 3 rings (SSSR count). The van der Waals surface area contributed by atoms with Crippen LogP contribution < -0.4 is 10.2 Å². The molecule has 2 aromatic carbocycles. The Morgan fingerprint density at radius 1 is 1.09 bits per heavy atom. The van der Waals surface area contributed by atoms with Gasteiger partial charge in [0.1, 0.15) is 0 Å². The van der Waals surface area contributed by atoms with Crippen molar-refractivity contribution in [1.82, 2.24) is 0 Å². The number of anilines is 2. The van der Waals surface area contributed by atoms with Crippen LogP contribution in [0.1, 0.15) is 23.2 Å². The zero-order chi connectivity index (χ0) is 16.4. The maximum atomic E-state index is 13.2. The number of hydrogen-bond donors (Lipinski definition) is 1. The first-order chi connectivity index (χ1) is 11.0. The molecule has 1 saturated heterocycles. The molecule has 4 nitrogen and oxygen atoms in total. The van der Waals surface area contributed by atoms with Crippen LogP contribution in [0.5, 0.6) is 0 Å². The smallest absolute Gasteiger partial charge is 0.255 e. The van der Waals surface area contributed by atoms with E-state index in [1.54, 1.807) is 29.2 Å². The van der Waals surface area contributed by atoms with Gasteiger partial charge in [0.05, 0.1) is 0 Å². The lowest BCUT2D eigenvalue weighted by Crippen LogP contribution is -2.24. The summed E-state index contributed by atoms with van der Waals surface area (Å²) in [5, 5.41) is 2.51. The monoisotopic (exact) mass is 316 g/mol. The normalized spacial score (nSPS) is 14.2. The largest absolute Gasteiger partial charge is 0.322 e. The molecule has 0 saturated carbocycles. The third-order valence-corrected chi connectivity index (χ3v) is 3.67. The third-order valence-electron chi connectivity index (χ3n) is 3.67. The van der Waals surface area contributed by atoms with E-state index < -0.39 is 17.5 Å². The molecule has 118 valence electrons. The Hall–Kier alpha value is -2.76. The molecular formula is C17H14F2N2O2. The SMILES string of the molecule is O=C(Nc1ccc(F)c(F)c1)c1cccc(N2CCCC2=O)c1. The summed E-state index contributed by atoms with van der Waals surface area (Å²) in [6.45, 7) is 0.632. The second kappa shape index (κ2) is 6.16. The zero-order valence-electron chi connectivity index (χ0n) is 12.2. The summed E-state index contributed by atoms with van der Waals surface area (Å²) >= 11 is 0. The molecule has 0 aromatic heterocycles. The Bertz CT molecular complexity index is 777. The lowest BCUT2D eigenvalue weighted by atomic mass is 10.1. The maximum Gasteiger partial charge on any atom is 0.255 e. The molecule has 2 amide bonds. The van der Waals surface area contributed by atoms with E-state index >= 15 is 0 Å². The van der Waals surface area contributed by atoms with Gasteiger partial charge in [-0.15, -0.1) is 0 Å². The first-order valence-electron chi connectivity index (χ1n) is 7.21. The van der Waals surface area contributed by atoms with Gasteiger partial charge in [-0.1, -0.05) is 6.07 Å². The summed E-state index contributed by atoms with van der Waals surface area (Å²) in [4.78, 5) is 25.6. The summed E-state index contributed by atoms with van der Waals surface area (Å²) in [6, 6.07) is 9.80. The van der Waals surface area contributed by atoms with E-state index in [1.165, 1.54) is 6.07 Å². The van der Waals surface area contributed by atoms with Crippen molar-refractivity contribution in [1.29, 1.82) is 0 Å². The van der Waals surface area contributed by atoms with Crippen LogP contribution in [0.2, 0.25) is 0 Å². The highest BCUT2D eigenvalue weighted by Crippen LogP contribution is 2.23. The summed E-state index contributed by atoms with van der Waals surface area (Å²) in [5.41, 5.74) is 1.16. The molecule has 0 radical (unpaired) electrons. The summed E-state index contributed by atoms with van der Waals surface area (Å²) in [5.74, 6) is -2.43. The Morgan fingerprint density at radius 3 is 2.61 bits per heavy atom. The second-order valence-electron chi connectivity index (χ2n) is 5.28. The molecular weight excluding hydrogens is 302 g/mol. The van der Waals surface area contributed by atoms with Crippen LogP contribution in [0.4, 0.5) is 20.2 Å². The molecule has 0 aliphatic carbocycles. The van der Waals surface area contributed by atoms with Crippen LogP contribution in [-0.4, -0.2) is 18.4 Å². The Labute approximate surface area is 131 Å². The molecule has 0 atom stereocenters. The quantitative estimate of drug-likeness (QED) is 0.944. The van der Waals surface area contributed by atoms with Gasteiger partial charge in [-0.2, -0.15) is 0 Å². The van der Waals surface area contributed by atoms with Crippen LogP contribution in [0.25, 0.3) is 0 Å². The van der Waals surface area contributed by atoms with Gasteiger partial charge < -0.3 is 10.2 Å². The van der Waals surface area contributed by atoms with E-state index in [4.69, 9.17) is 0 Å². The predicted octanol–water partition coefficient (Wildman–Crippen LogP) is 3.34. The second-order valence-corrected chi connectivity index (χ2v) is 5.28. The molecule has 2 aromatic rings. The summed E-state index contributed by atoms with van der Waals surface area (Å²) < 4.78 is 26.1. The Morgan fingerprint density at radius 2 is 1.91 bits per heavy atom. The first-order valence-corrected chi connectivity index (χ1v) is 7.21.